The van der Waals surface area contributed by atoms with Crippen molar-refractivity contribution in [2.24, 2.45) is 0 Å². The molecule has 0 aromatic heterocycles. The van der Waals surface area contributed by atoms with E-state index >= 15 is 0 Å². The fraction of sp³-hybridized carbons (Fsp3) is 0.375. The van der Waals surface area contributed by atoms with Crippen molar-refractivity contribution in [1.82, 2.24) is 4.90 Å². The molecule has 0 saturated carbocycles. The van der Waals surface area contributed by atoms with Crippen LogP contribution < -0.4 is 9.47 Å². The Morgan fingerprint density at radius 2 is 2.00 bits per heavy atom. The third-order valence-corrected chi connectivity index (χ3v) is 3.48. The van der Waals surface area contributed by atoms with E-state index in [2.05, 4.69) is 0 Å². The first-order valence-electron chi connectivity index (χ1n) is 6.82. The molecule has 1 aliphatic rings. The van der Waals surface area contributed by atoms with Crippen LogP contribution in [-0.4, -0.2) is 38.1 Å². The number of benzene rings is 1. The first kappa shape index (κ1) is 14.9. The minimum Gasteiger partial charge on any atom is -0.497 e. The van der Waals surface area contributed by atoms with Gasteiger partial charge in [0.1, 0.15) is 23.1 Å². The lowest BCUT2D eigenvalue weighted by Gasteiger charge is -2.14. The first-order chi connectivity index (χ1) is 10.2. The second-order valence-corrected chi connectivity index (χ2v) is 4.78. The zero-order chi connectivity index (χ0) is 15.2. The number of nitriles is 1. The van der Waals surface area contributed by atoms with Crippen LogP contribution in [0, 0.1) is 11.3 Å². The molecule has 110 valence electrons. The molecule has 2 rings (SSSR count). The zero-order valence-corrected chi connectivity index (χ0v) is 12.3. The molecule has 21 heavy (non-hydrogen) atoms. The van der Waals surface area contributed by atoms with E-state index in [4.69, 9.17) is 9.47 Å². The SMILES string of the molecule is COc1ccc(/C=C(\C#N)C(=O)N2CCCC2)c(OC)c1. The summed E-state index contributed by atoms with van der Waals surface area (Å²) in [7, 11) is 3.11. The zero-order valence-electron chi connectivity index (χ0n) is 12.3. The first-order valence-corrected chi connectivity index (χ1v) is 6.82. The number of hydrogen-bond acceptors (Lipinski definition) is 4. The molecule has 1 amide bonds. The number of carbonyl (C=O) groups is 1. The van der Waals surface area contributed by atoms with Crippen molar-refractivity contribution in [3.05, 3.63) is 29.3 Å². The van der Waals surface area contributed by atoms with E-state index in [1.54, 1.807) is 43.4 Å². The summed E-state index contributed by atoms with van der Waals surface area (Å²) in [6.45, 7) is 1.44. The van der Waals surface area contributed by atoms with E-state index in [0.717, 1.165) is 25.9 Å². The molecule has 0 radical (unpaired) electrons. The highest BCUT2D eigenvalue weighted by Crippen LogP contribution is 2.27. The van der Waals surface area contributed by atoms with Gasteiger partial charge in [0.2, 0.25) is 0 Å². The van der Waals surface area contributed by atoms with Gasteiger partial charge in [-0.3, -0.25) is 4.79 Å². The van der Waals surface area contributed by atoms with E-state index in [0.29, 0.717) is 17.1 Å². The fourth-order valence-corrected chi connectivity index (χ4v) is 2.33. The second kappa shape index (κ2) is 6.80. The lowest BCUT2D eigenvalue weighted by atomic mass is 10.1. The molecule has 1 aromatic rings. The van der Waals surface area contributed by atoms with E-state index in [1.807, 2.05) is 6.07 Å². The Balaban J connectivity index is 2.31. The largest absolute Gasteiger partial charge is 0.497 e. The van der Waals surface area contributed by atoms with Gasteiger partial charge in [0, 0.05) is 24.7 Å². The van der Waals surface area contributed by atoms with Gasteiger partial charge in [-0.05, 0) is 31.1 Å². The Labute approximate surface area is 124 Å². The van der Waals surface area contributed by atoms with Gasteiger partial charge < -0.3 is 14.4 Å². The van der Waals surface area contributed by atoms with Crippen LogP contribution in [0.4, 0.5) is 0 Å². The number of amides is 1. The maximum atomic E-state index is 12.3. The van der Waals surface area contributed by atoms with Gasteiger partial charge >= 0.3 is 0 Å². The minimum absolute atomic E-state index is 0.125. The highest BCUT2D eigenvalue weighted by molar-refractivity contribution is 6.02. The van der Waals surface area contributed by atoms with Crippen LogP contribution in [0.3, 0.4) is 0 Å². The number of likely N-dealkylation sites (tertiary alicyclic amines) is 1. The molecule has 0 spiro atoms. The van der Waals surface area contributed by atoms with Crippen LogP contribution in [0.2, 0.25) is 0 Å². The van der Waals surface area contributed by atoms with Crippen LogP contribution in [0.25, 0.3) is 6.08 Å². The molecule has 1 fully saturated rings. The summed E-state index contributed by atoms with van der Waals surface area (Å²) < 4.78 is 10.4. The number of hydrogen-bond donors (Lipinski definition) is 0. The van der Waals surface area contributed by atoms with Crippen LogP contribution >= 0.6 is 0 Å². The smallest absolute Gasteiger partial charge is 0.264 e. The predicted octanol–water partition coefficient (Wildman–Crippen LogP) is 2.23. The molecule has 5 nitrogen and oxygen atoms in total. The van der Waals surface area contributed by atoms with Gasteiger partial charge in [0.15, 0.2) is 0 Å². The molecule has 5 heteroatoms. The van der Waals surface area contributed by atoms with Crippen LogP contribution in [0.5, 0.6) is 11.5 Å². The molecule has 0 bridgehead atoms. The molecular formula is C16H18N2O3. The summed E-state index contributed by atoms with van der Waals surface area (Å²) in [5.41, 5.74) is 0.808. The van der Waals surface area contributed by atoms with E-state index in [1.165, 1.54) is 0 Å². The lowest BCUT2D eigenvalue weighted by molar-refractivity contribution is -0.125. The maximum Gasteiger partial charge on any atom is 0.264 e. The monoisotopic (exact) mass is 286 g/mol. The normalized spacial score (nSPS) is 14.7. The van der Waals surface area contributed by atoms with Crippen molar-refractivity contribution in [3.8, 4) is 17.6 Å². The van der Waals surface area contributed by atoms with Gasteiger partial charge in [-0.15, -0.1) is 0 Å². The van der Waals surface area contributed by atoms with Gasteiger partial charge in [-0.1, -0.05) is 0 Å². The van der Waals surface area contributed by atoms with E-state index < -0.39 is 0 Å². The third-order valence-electron chi connectivity index (χ3n) is 3.48. The molecular weight excluding hydrogens is 268 g/mol. The van der Waals surface area contributed by atoms with Crippen molar-refractivity contribution in [2.45, 2.75) is 12.8 Å². The van der Waals surface area contributed by atoms with Crippen LogP contribution in [0.15, 0.2) is 23.8 Å². The number of rotatable bonds is 4. The highest BCUT2D eigenvalue weighted by Gasteiger charge is 2.21. The second-order valence-electron chi connectivity index (χ2n) is 4.78. The summed E-state index contributed by atoms with van der Waals surface area (Å²) in [6.07, 6.45) is 3.56. The Kier molecular flexibility index (Phi) is 4.83. The molecule has 0 atom stereocenters. The topological polar surface area (TPSA) is 62.6 Å². The number of nitrogens with zero attached hydrogens (tertiary/aromatic N) is 2. The molecule has 0 unspecified atom stereocenters. The van der Waals surface area contributed by atoms with E-state index in [-0.39, 0.29) is 11.5 Å². The highest BCUT2D eigenvalue weighted by atomic mass is 16.5. The third kappa shape index (κ3) is 3.34. The average molecular weight is 286 g/mol. The standard InChI is InChI=1S/C16H18N2O3/c1-20-14-6-5-12(15(10-14)21-2)9-13(11-17)16(19)18-7-3-4-8-18/h5-6,9-10H,3-4,7-8H2,1-2H3/b13-9+. The van der Waals surface area contributed by atoms with Crippen molar-refractivity contribution in [1.29, 1.82) is 5.26 Å². The lowest BCUT2D eigenvalue weighted by Crippen LogP contribution is -2.28. The predicted molar refractivity (Wildman–Crippen MR) is 79.0 cm³/mol. The van der Waals surface area contributed by atoms with Gasteiger partial charge in [-0.25, -0.2) is 0 Å². The number of ether oxygens (including phenoxy) is 2. The average Bonchev–Trinajstić information content (AvgIpc) is 3.06. The molecule has 1 aromatic carbocycles. The maximum absolute atomic E-state index is 12.3. The van der Waals surface area contributed by atoms with Crippen molar-refractivity contribution < 1.29 is 14.3 Å². The molecule has 0 aliphatic carbocycles. The Bertz CT molecular complexity index is 596. The van der Waals surface area contributed by atoms with Crippen molar-refractivity contribution in [2.75, 3.05) is 27.3 Å². The van der Waals surface area contributed by atoms with Gasteiger partial charge in [0.25, 0.3) is 5.91 Å². The summed E-state index contributed by atoms with van der Waals surface area (Å²) in [4.78, 5) is 14.0. The molecule has 1 aliphatic heterocycles. The molecule has 0 N–H and O–H groups in total. The van der Waals surface area contributed by atoms with Crippen molar-refractivity contribution >= 4 is 12.0 Å². The van der Waals surface area contributed by atoms with Gasteiger partial charge in [-0.2, -0.15) is 5.26 Å². The molecule has 1 heterocycles. The summed E-state index contributed by atoms with van der Waals surface area (Å²) in [5, 5.41) is 9.25. The van der Waals surface area contributed by atoms with Gasteiger partial charge in [0.05, 0.1) is 14.2 Å². The summed E-state index contributed by atoms with van der Waals surface area (Å²) >= 11 is 0. The van der Waals surface area contributed by atoms with Crippen LogP contribution in [0.1, 0.15) is 18.4 Å². The Morgan fingerprint density at radius 1 is 1.29 bits per heavy atom. The summed E-state index contributed by atoms with van der Waals surface area (Å²) in [6, 6.07) is 7.25. The van der Waals surface area contributed by atoms with E-state index in [9.17, 15) is 10.1 Å². The molecule has 1 saturated heterocycles. The minimum atomic E-state index is -0.215. The number of carbonyl (C=O) groups excluding carboxylic acids is 1. The quantitative estimate of drug-likeness (QED) is 0.629. The van der Waals surface area contributed by atoms with Crippen LogP contribution in [-0.2, 0) is 4.79 Å². The Hall–Kier alpha value is -2.48. The Morgan fingerprint density at radius 3 is 2.57 bits per heavy atom. The summed E-state index contributed by atoms with van der Waals surface area (Å²) in [5.74, 6) is 1.01. The fourth-order valence-electron chi connectivity index (χ4n) is 2.33. The number of methoxy groups -OCH3 is 2. The van der Waals surface area contributed by atoms with Crippen molar-refractivity contribution in [3.63, 3.8) is 0 Å².